The number of nitrogens with zero attached hydrogens (tertiary/aromatic N) is 3. The van der Waals surface area contributed by atoms with Crippen LogP contribution in [-0.4, -0.2) is 61.0 Å². The van der Waals surface area contributed by atoms with Crippen LogP contribution in [0.1, 0.15) is 26.7 Å². The molecule has 0 radical (unpaired) electrons. The zero-order valence-electron chi connectivity index (χ0n) is 16.6. The number of hydrogen-bond acceptors (Lipinski definition) is 3. The van der Waals surface area contributed by atoms with Crippen LogP contribution in [-0.2, 0) is 4.79 Å². The summed E-state index contributed by atoms with van der Waals surface area (Å²) >= 11 is 0. The molecule has 1 aliphatic carbocycles. The number of piperazine rings is 1. The highest BCUT2D eigenvalue weighted by atomic mass is 16.2. The second-order valence-electron chi connectivity index (χ2n) is 8.04. The van der Waals surface area contributed by atoms with E-state index in [1.165, 1.54) is 24.8 Å². The number of fused-ring (bicyclic) bond motifs is 1. The van der Waals surface area contributed by atoms with Crippen LogP contribution in [0, 0.1) is 5.92 Å². The number of carbonyl (C=O) groups excluding carboxylic acids is 1. The van der Waals surface area contributed by atoms with Crippen molar-refractivity contribution in [2.24, 2.45) is 5.92 Å². The monoisotopic (exact) mass is 365 g/mol. The summed E-state index contributed by atoms with van der Waals surface area (Å²) in [5.74, 6) is 1.15. The smallest absolute Gasteiger partial charge is 0.244 e. The van der Waals surface area contributed by atoms with E-state index in [0.29, 0.717) is 6.54 Å². The van der Waals surface area contributed by atoms with E-state index >= 15 is 0 Å². The van der Waals surface area contributed by atoms with E-state index < -0.39 is 0 Å². The molecule has 1 saturated heterocycles. The quantitative estimate of drug-likeness (QED) is 0.782. The second-order valence-corrected chi connectivity index (χ2v) is 8.04. The Labute approximate surface area is 162 Å². The minimum atomic E-state index is -0.0769. The molecule has 1 heterocycles. The standard InChI is InChI=1S/C23H31N3O/c1-3-26(22-10-6-8-20-7-4-5-9-21(20)22)23(27)18(2)25-15-13-24(14-16-25)17-19-11-12-19/h4-10,18-19H,3,11-17H2,1-2H3/t18-/m1/s1. The highest BCUT2D eigenvalue weighted by Crippen LogP contribution is 2.30. The molecule has 0 spiro atoms. The molecular weight excluding hydrogens is 334 g/mol. The maximum Gasteiger partial charge on any atom is 0.244 e. The Morgan fingerprint density at radius 1 is 1.07 bits per heavy atom. The molecule has 2 aromatic rings. The van der Waals surface area contributed by atoms with Gasteiger partial charge in [0.05, 0.1) is 11.7 Å². The van der Waals surface area contributed by atoms with Gasteiger partial charge in [-0.25, -0.2) is 0 Å². The fraction of sp³-hybridized carbons (Fsp3) is 0.522. The largest absolute Gasteiger partial charge is 0.311 e. The van der Waals surface area contributed by atoms with E-state index in [4.69, 9.17) is 0 Å². The lowest BCUT2D eigenvalue weighted by Crippen LogP contribution is -2.54. The molecular formula is C23H31N3O. The Bertz CT molecular complexity index is 788. The summed E-state index contributed by atoms with van der Waals surface area (Å²) in [4.78, 5) is 20.3. The van der Waals surface area contributed by atoms with Crippen LogP contribution in [0.25, 0.3) is 10.8 Å². The Kier molecular flexibility index (Phi) is 5.46. The van der Waals surface area contributed by atoms with Crippen LogP contribution in [0.3, 0.4) is 0 Å². The minimum absolute atomic E-state index is 0.0769. The molecule has 1 atom stereocenters. The van der Waals surface area contributed by atoms with Crippen molar-refractivity contribution in [1.29, 1.82) is 0 Å². The van der Waals surface area contributed by atoms with E-state index in [1.54, 1.807) is 0 Å². The maximum absolute atomic E-state index is 13.4. The van der Waals surface area contributed by atoms with Gasteiger partial charge in [-0.3, -0.25) is 9.69 Å². The summed E-state index contributed by atoms with van der Waals surface area (Å²) < 4.78 is 0. The molecule has 4 heteroatoms. The van der Waals surface area contributed by atoms with Crippen molar-refractivity contribution >= 4 is 22.4 Å². The average Bonchev–Trinajstić information content (AvgIpc) is 3.53. The average molecular weight is 366 g/mol. The number of hydrogen-bond donors (Lipinski definition) is 0. The van der Waals surface area contributed by atoms with Gasteiger partial charge in [-0.2, -0.15) is 0 Å². The van der Waals surface area contributed by atoms with Crippen molar-refractivity contribution in [3.63, 3.8) is 0 Å². The van der Waals surface area contributed by atoms with Gasteiger partial charge in [0, 0.05) is 44.7 Å². The zero-order chi connectivity index (χ0) is 18.8. The SMILES string of the molecule is CCN(C(=O)[C@@H](C)N1CCN(CC2CC2)CC1)c1cccc2ccccc12. The second kappa shape index (κ2) is 7.99. The normalized spacial score (nSPS) is 19.9. The lowest BCUT2D eigenvalue weighted by molar-refractivity contribution is -0.123. The Morgan fingerprint density at radius 3 is 2.48 bits per heavy atom. The van der Waals surface area contributed by atoms with Crippen molar-refractivity contribution in [3.05, 3.63) is 42.5 Å². The first kappa shape index (κ1) is 18.5. The number of rotatable bonds is 6. The molecule has 2 fully saturated rings. The molecule has 2 aliphatic rings. The summed E-state index contributed by atoms with van der Waals surface area (Å²) in [6.45, 7) is 10.3. The Hall–Kier alpha value is -1.91. The van der Waals surface area contributed by atoms with Gasteiger partial charge in [-0.05, 0) is 44.1 Å². The van der Waals surface area contributed by atoms with Crippen LogP contribution in [0.2, 0.25) is 0 Å². The first-order valence-corrected chi connectivity index (χ1v) is 10.4. The number of benzene rings is 2. The summed E-state index contributed by atoms with van der Waals surface area (Å²) in [6, 6.07) is 14.5. The van der Waals surface area contributed by atoms with E-state index in [2.05, 4.69) is 54.0 Å². The van der Waals surface area contributed by atoms with Crippen LogP contribution in [0.15, 0.2) is 42.5 Å². The predicted octanol–water partition coefficient (Wildman–Crippen LogP) is 3.61. The van der Waals surface area contributed by atoms with Gasteiger partial charge in [-0.15, -0.1) is 0 Å². The fourth-order valence-electron chi connectivity index (χ4n) is 4.27. The van der Waals surface area contributed by atoms with Crippen LogP contribution in [0.5, 0.6) is 0 Å². The lowest BCUT2D eigenvalue weighted by atomic mass is 10.1. The zero-order valence-corrected chi connectivity index (χ0v) is 16.6. The Balaban J connectivity index is 1.46. The number of amides is 1. The number of likely N-dealkylation sites (N-methyl/N-ethyl adjacent to an activating group) is 1. The fourth-order valence-corrected chi connectivity index (χ4v) is 4.27. The van der Waals surface area contributed by atoms with E-state index in [1.807, 2.05) is 17.0 Å². The molecule has 0 unspecified atom stereocenters. The van der Waals surface area contributed by atoms with Crippen LogP contribution >= 0.6 is 0 Å². The van der Waals surface area contributed by atoms with Crippen molar-refractivity contribution in [1.82, 2.24) is 9.80 Å². The number of carbonyl (C=O) groups is 1. The molecule has 144 valence electrons. The van der Waals surface area contributed by atoms with Crippen LogP contribution < -0.4 is 4.90 Å². The van der Waals surface area contributed by atoms with Gasteiger partial charge in [-0.1, -0.05) is 36.4 Å². The molecule has 1 saturated carbocycles. The van der Waals surface area contributed by atoms with Gasteiger partial charge in [0.25, 0.3) is 0 Å². The van der Waals surface area contributed by atoms with Gasteiger partial charge in [0.2, 0.25) is 5.91 Å². The molecule has 4 nitrogen and oxygen atoms in total. The highest BCUT2D eigenvalue weighted by molar-refractivity contribution is 6.05. The third-order valence-corrected chi connectivity index (χ3v) is 6.16. The van der Waals surface area contributed by atoms with Crippen molar-refractivity contribution < 1.29 is 4.79 Å². The highest BCUT2D eigenvalue weighted by Gasteiger charge is 2.31. The molecule has 27 heavy (non-hydrogen) atoms. The van der Waals surface area contributed by atoms with Crippen molar-refractivity contribution in [3.8, 4) is 0 Å². The van der Waals surface area contributed by atoms with Crippen molar-refractivity contribution in [2.45, 2.75) is 32.7 Å². The molecule has 0 bridgehead atoms. The third kappa shape index (κ3) is 4.02. The molecule has 1 amide bonds. The van der Waals surface area contributed by atoms with Crippen LogP contribution in [0.4, 0.5) is 5.69 Å². The molecule has 2 aromatic carbocycles. The predicted molar refractivity (Wildman–Crippen MR) is 112 cm³/mol. The van der Waals surface area contributed by atoms with E-state index in [-0.39, 0.29) is 11.9 Å². The summed E-state index contributed by atoms with van der Waals surface area (Å²) in [5, 5.41) is 2.33. The van der Waals surface area contributed by atoms with Crippen molar-refractivity contribution in [2.75, 3.05) is 44.2 Å². The van der Waals surface area contributed by atoms with Gasteiger partial charge >= 0.3 is 0 Å². The lowest BCUT2D eigenvalue weighted by Gasteiger charge is -2.39. The van der Waals surface area contributed by atoms with Gasteiger partial charge in [0.15, 0.2) is 0 Å². The number of anilines is 1. The molecule has 0 N–H and O–H groups in total. The molecule has 0 aromatic heterocycles. The van der Waals surface area contributed by atoms with E-state index in [0.717, 1.165) is 43.2 Å². The van der Waals surface area contributed by atoms with E-state index in [9.17, 15) is 4.79 Å². The molecule has 4 rings (SSSR count). The summed E-state index contributed by atoms with van der Waals surface area (Å²) in [6.07, 6.45) is 2.82. The summed E-state index contributed by atoms with van der Waals surface area (Å²) in [7, 11) is 0. The summed E-state index contributed by atoms with van der Waals surface area (Å²) in [5.41, 5.74) is 1.03. The molecule has 1 aliphatic heterocycles. The minimum Gasteiger partial charge on any atom is -0.311 e. The topological polar surface area (TPSA) is 26.8 Å². The maximum atomic E-state index is 13.4. The van der Waals surface area contributed by atoms with Gasteiger partial charge in [0.1, 0.15) is 0 Å². The third-order valence-electron chi connectivity index (χ3n) is 6.16. The Morgan fingerprint density at radius 2 is 1.78 bits per heavy atom. The first-order valence-electron chi connectivity index (χ1n) is 10.4. The first-order chi connectivity index (χ1) is 13.2. The van der Waals surface area contributed by atoms with Gasteiger partial charge < -0.3 is 9.80 Å².